The predicted octanol–water partition coefficient (Wildman–Crippen LogP) is 3.68. The standard InChI is InChI=1S/C20H14ClF3N8O/c1-11(29-19(33)12-6-13(8-26-7-12)20(22,23)24)18-30-17(15-10-25-4-5-27-15)31-32(18)16-3-2-14(21)9-28-16/h2-11H,1H3,(H,29,33). The molecule has 33 heavy (non-hydrogen) atoms. The second kappa shape index (κ2) is 8.90. The number of nitrogens with one attached hydrogen (secondary N) is 1. The molecule has 4 rings (SSSR count). The van der Waals surface area contributed by atoms with Gasteiger partial charge >= 0.3 is 6.18 Å². The number of hydrogen-bond donors (Lipinski definition) is 1. The van der Waals surface area contributed by atoms with Crippen LogP contribution >= 0.6 is 11.6 Å². The topological polar surface area (TPSA) is 111 Å². The van der Waals surface area contributed by atoms with Gasteiger partial charge in [0.2, 0.25) is 5.82 Å². The van der Waals surface area contributed by atoms with Crippen molar-refractivity contribution in [2.75, 3.05) is 0 Å². The fourth-order valence-electron chi connectivity index (χ4n) is 2.85. The normalized spacial score (nSPS) is 12.4. The number of halogens is 4. The number of alkyl halides is 3. The predicted molar refractivity (Wildman–Crippen MR) is 110 cm³/mol. The summed E-state index contributed by atoms with van der Waals surface area (Å²) >= 11 is 5.91. The van der Waals surface area contributed by atoms with E-state index >= 15 is 0 Å². The number of aromatic nitrogens is 7. The van der Waals surface area contributed by atoms with Gasteiger partial charge in [-0.25, -0.2) is 15.0 Å². The van der Waals surface area contributed by atoms with E-state index in [0.29, 0.717) is 22.7 Å². The zero-order valence-corrected chi connectivity index (χ0v) is 17.6. The summed E-state index contributed by atoms with van der Waals surface area (Å²) in [6, 6.07) is 3.16. The lowest BCUT2D eigenvalue weighted by molar-refractivity contribution is -0.137. The summed E-state index contributed by atoms with van der Waals surface area (Å²) in [7, 11) is 0. The first-order chi connectivity index (χ1) is 15.7. The van der Waals surface area contributed by atoms with E-state index in [0.717, 1.165) is 12.3 Å². The summed E-state index contributed by atoms with van der Waals surface area (Å²) < 4.78 is 40.3. The second-order valence-electron chi connectivity index (χ2n) is 6.79. The number of nitrogens with zero attached hydrogens (tertiary/aromatic N) is 7. The van der Waals surface area contributed by atoms with Crippen LogP contribution in [0.15, 0.2) is 55.4 Å². The molecule has 0 fully saturated rings. The van der Waals surface area contributed by atoms with E-state index in [1.807, 2.05) is 0 Å². The molecule has 0 saturated carbocycles. The highest BCUT2D eigenvalue weighted by molar-refractivity contribution is 6.30. The summed E-state index contributed by atoms with van der Waals surface area (Å²) in [5.74, 6) is 0.0788. The molecule has 1 amide bonds. The number of pyridine rings is 2. The average molecular weight is 475 g/mol. The Balaban J connectivity index is 1.68. The summed E-state index contributed by atoms with van der Waals surface area (Å²) in [6.45, 7) is 1.61. The van der Waals surface area contributed by atoms with Crippen LogP contribution in [0.2, 0.25) is 5.02 Å². The second-order valence-corrected chi connectivity index (χ2v) is 7.22. The van der Waals surface area contributed by atoms with Gasteiger partial charge in [-0.15, -0.1) is 5.10 Å². The average Bonchev–Trinajstić information content (AvgIpc) is 3.25. The lowest BCUT2D eigenvalue weighted by atomic mass is 10.2. The minimum atomic E-state index is -4.62. The van der Waals surface area contributed by atoms with E-state index in [-0.39, 0.29) is 17.2 Å². The fraction of sp³-hybridized carbons (Fsp3) is 0.150. The monoisotopic (exact) mass is 474 g/mol. The summed E-state index contributed by atoms with van der Waals surface area (Å²) in [5, 5.41) is 7.44. The first-order valence-corrected chi connectivity index (χ1v) is 9.78. The maximum atomic E-state index is 13.0. The molecule has 4 aromatic rings. The van der Waals surface area contributed by atoms with Crippen LogP contribution in [0.25, 0.3) is 17.3 Å². The molecule has 0 aliphatic heterocycles. The number of hydrogen-bond acceptors (Lipinski definition) is 7. The molecule has 0 aliphatic rings. The Bertz CT molecular complexity index is 1280. The van der Waals surface area contributed by atoms with Crippen molar-refractivity contribution in [1.82, 2.24) is 40.0 Å². The SMILES string of the molecule is CC(NC(=O)c1cncc(C(F)(F)F)c1)c1nc(-c2cnccn2)nn1-c1ccc(Cl)cn1. The van der Waals surface area contributed by atoms with E-state index in [9.17, 15) is 18.0 Å². The van der Waals surface area contributed by atoms with Gasteiger partial charge in [0.25, 0.3) is 5.91 Å². The molecule has 168 valence electrons. The first kappa shape index (κ1) is 22.3. The van der Waals surface area contributed by atoms with Crippen LogP contribution in [0, 0.1) is 0 Å². The van der Waals surface area contributed by atoms with Crippen LogP contribution in [0.5, 0.6) is 0 Å². The molecule has 0 aliphatic carbocycles. The molecule has 1 atom stereocenters. The van der Waals surface area contributed by atoms with Gasteiger partial charge in [-0.05, 0) is 25.1 Å². The number of amides is 1. The van der Waals surface area contributed by atoms with Crippen LogP contribution < -0.4 is 5.32 Å². The van der Waals surface area contributed by atoms with Crippen molar-refractivity contribution >= 4 is 17.5 Å². The van der Waals surface area contributed by atoms with Gasteiger partial charge in [0.15, 0.2) is 11.6 Å². The zero-order chi connectivity index (χ0) is 23.6. The third-order valence-corrected chi connectivity index (χ3v) is 4.64. The lowest BCUT2D eigenvalue weighted by Gasteiger charge is -2.15. The van der Waals surface area contributed by atoms with Crippen molar-refractivity contribution in [3.63, 3.8) is 0 Å². The largest absolute Gasteiger partial charge is 0.417 e. The first-order valence-electron chi connectivity index (χ1n) is 9.41. The van der Waals surface area contributed by atoms with Gasteiger partial charge < -0.3 is 5.32 Å². The molecule has 1 unspecified atom stereocenters. The molecule has 4 aromatic heterocycles. The Kier molecular flexibility index (Phi) is 6.01. The Morgan fingerprint density at radius 2 is 1.91 bits per heavy atom. The van der Waals surface area contributed by atoms with Gasteiger partial charge in [-0.3, -0.25) is 14.8 Å². The van der Waals surface area contributed by atoms with Crippen molar-refractivity contribution in [2.24, 2.45) is 0 Å². The minimum absolute atomic E-state index is 0.219. The molecule has 0 radical (unpaired) electrons. The smallest absolute Gasteiger partial charge is 0.342 e. The summed E-state index contributed by atoms with van der Waals surface area (Å²) in [5.41, 5.74) is -0.894. The molecule has 0 spiro atoms. The molecule has 0 bridgehead atoms. The van der Waals surface area contributed by atoms with E-state index < -0.39 is 23.7 Å². The Labute approximate surface area is 189 Å². The maximum Gasteiger partial charge on any atom is 0.417 e. The van der Waals surface area contributed by atoms with Crippen molar-refractivity contribution in [1.29, 1.82) is 0 Å². The highest BCUT2D eigenvalue weighted by Gasteiger charge is 2.32. The molecule has 13 heteroatoms. The Morgan fingerprint density at radius 3 is 2.58 bits per heavy atom. The van der Waals surface area contributed by atoms with Crippen LogP contribution in [0.3, 0.4) is 0 Å². The number of carbonyl (C=O) groups is 1. The molecule has 0 aromatic carbocycles. The van der Waals surface area contributed by atoms with Gasteiger partial charge in [0, 0.05) is 31.0 Å². The highest BCUT2D eigenvalue weighted by atomic mass is 35.5. The number of rotatable bonds is 5. The minimum Gasteiger partial charge on any atom is -0.342 e. The summed E-state index contributed by atoms with van der Waals surface area (Å²) in [6.07, 6.45) is 2.93. The molecular weight excluding hydrogens is 461 g/mol. The third-order valence-electron chi connectivity index (χ3n) is 4.42. The van der Waals surface area contributed by atoms with Crippen molar-refractivity contribution in [3.05, 3.63) is 77.4 Å². The fourth-order valence-corrected chi connectivity index (χ4v) is 2.96. The van der Waals surface area contributed by atoms with Gasteiger partial charge in [-0.1, -0.05) is 11.6 Å². The van der Waals surface area contributed by atoms with Crippen molar-refractivity contribution in [3.8, 4) is 17.3 Å². The Morgan fingerprint density at radius 1 is 1.09 bits per heavy atom. The van der Waals surface area contributed by atoms with E-state index in [1.165, 1.54) is 29.5 Å². The van der Waals surface area contributed by atoms with Gasteiger partial charge in [-0.2, -0.15) is 17.9 Å². The van der Waals surface area contributed by atoms with Crippen LogP contribution in [-0.4, -0.2) is 40.6 Å². The molecule has 9 nitrogen and oxygen atoms in total. The third kappa shape index (κ3) is 4.95. The highest BCUT2D eigenvalue weighted by Crippen LogP contribution is 2.29. The molecular formula is C20H14ClF3N8O. The van der Waals surface area contributed by atoms with E-state index in [1.54, 1.807) is 19.1 Å². The quantitative estimate of drug-likeness (QED) is 0.469. The molecule has 1 N–H and O–H groups in total. The van der Waals surface area contributed by atoms with Crippen molar-refractivity contribution < 1.29 is 18.0 Å². The van der Waals surface area contributed by atoms with E-state index in [2.05, 4.69) is 35.3 Å². The van der Waals surface area contributed by atoms with Crippen LogP contribution in [0.4, 0.5) is 13.2 Å². The number of carbonyl (C=O) groups excluding carboxylic acids is 1. The molecule has 4 heterocycles. The maximum absolute atomic E-state index is 13.0. The van der Waals surface area contributed by atoms with Gasteiger partial charge in [0.05, 0.1) is 28.4 Å². The zero-order valence-electron chi connectivity index (χ0n) is 16.8. The van der Waals surface area contributed by atoms with Gasteiger partial charge in [0.1, 0.15) is 5.69 Å². The van der Waals surface area contributed by atoms with Crippen LogP contribution in [0.1, 0.15) is 34.7 Å². The van der Waals surface area contributed by atoms with Crippen molar-refractivity contribution in [2.45, 2.75) is 19.1 Å². The Hall–Kier alpha value is -3.93. The lowest BCUT2D eigenvalue weighted by Crippen LogP contribution is -2.29. The van der Waals surface area contributed by atoms with Crippen LogP contribution in [-0.2, 0) is 6.18 Å². The van der Waals surface area contributed by atoms with E-state index in [4.69, 9.17) is 11.6 Å². The summed E-state index contributed by atoms with van der Waals surface area (Å²) in [4.78, 5) is 33.0. The molecule has 0 saturated heterocycles.